The second-order valence-corrected chi connectivity index (χ2v) is 7.29. The van der Waals surface area contributed by atoms with E-state index >= 15 is 0 Å². The lowest BCUT2D eigenvalue weighted by atomic mass is 10.0. The molecular weight excluding hydrogens is 325 g/mol. The van der Waals surface area contributed by atoms with E-state index in [2.05, 4.69) is 57.9 Å². The molecule has 0 N–H and O–H groups in total. The van der Waals surface area contributed by atoms with Gasteiger partial charge in [-0.05, 0) is 48.7 Å². The Kier molecular flexibility index (Phi) is 5.05. The van der Waals surface area contributed by atoms with Crippen LogP contribution in [0, 0.1) is 5.82 Å². The number of fused-ring (bicyclic) bond motifs is 1. The van der Waals surface area contributed by atoms with Gasteiger partial charge in [-0.15, -0.1) is 0 Å². The molecule has 0 amide bonds. The number of nitrogens with zero attached hydrogens (tertiary/aromatic N) is 3. The highest BCUT2D eigenvalue weighted by Crippen LogP contribution is 2.28. The molecule has 136 valence electrons. The van der Waals surface area contributed by atoms with Crippen molar-refractivity contribution in [2.45, 2.75) is 12.5 Å². The summed E-state index contributed by atoms with van der Waals surface area (Å²) in [7, 11) is 2.18. The minimum atomic E-state index is -0.163. The zero-order chi connectivity index (χ0) is 17.9. The zero-order valence-electron chi connectivity index (χ0n) is 15.3. The zero-order valence-corrected chi connectivity index (χ0v) is 15.3. The van der Waals surface area contributed by atoms with Gasteiger partial charge in [0, 0.05) is 44.4 Å². The Morgan fingerprint density at radius 1 is 0.962 bits per heavy atom. The molecule has 26 heavy (non-hydrogen) atoms. The first kappa shape index (κ1) is 17.3. The maximum absolute atomic E-state index is 13.9. The first-order valence-corrected chi connectivity index (χ1v) is 9.42. The van der Waals surface area contributed by atoms with Gasteiger partial charge >= 0.3 is 0 Å². The van der Waals surface area contributed by atoms with Crippen molar-refractivity contribution in [2.75, 3.05) is 39.8 Å². The van der Waals surface area contributed by atoms with Crippen molar-refractivity contribution in [3.05, 3.63) is 72.2 Å². The van der Waals surface area contributed by atoms with Gasteiger partial charge in [0.1, 0.15) is 5.82 Å². The molecule has 2 heterocycles. The van der Waals surface area contributed by atoms with Crippen LogP contribution in [0.1, 0.15) is 18.0 Å². The van der Waals surface area contributed by atoms with Crippen molar-refractivity contribution in [2.24, 2.45) is 0 Å². The Bertz CT molecular complexity index is 864. The molecule has 3 aromatic rings. The number of rotatable bonds is 5. The third kappa shape index (κ3) is 3.67. The van der Waals surface area contributed by atoms with Gasteiger partial charge in [0.2, 0.25) is 0 Å². The molecular formula is C22H26FN3. The van der Waals surface area contributed by atoms with Crippen molar-refractivity contribution in [1.82, 2.24) is 14.4 Å². The van der Waals surface area contributed by atoms with Crippen molar-refractivity contribution < 1.29 is 4.39 Å². The standard InChI is InChI=1S/C22H26FN3/c1-24-13-15-25(16-14-24)11-10-22(19-6-4-7-20(23)17-19)26-12-9-18-5-2-3-8-21(18)26/h2-9,12,17,22H,10-11,13-16H2,1H3. The largest absolute Gasteiger partial charge is 0.340 e. The van der Waals surface area contributed by atoms with E-state index in [1.54, 1.807) is 6.07 Å². The van der Waals surface area contributed by atoms with Crippen LogP contribution in [0.25, 0.3) is 10.9 Å². The Hall–Kier alpha value is -2.17. The molecule has 1 fully saturated rings. The fourth-order valence-electron chi connectivity index (χ4n) is 3.93. The highest BCUT2D eigenvalue weighted by molar-refractivity contribution is 5.80. The van der Waals surface area contributed by atoms with Crippen LogP contribution in [0.4, 0.5) is 4.39 Å². The van der Waals surface area contributed by atoms with E-state index in [9.17, 15) is 4.39 Å². The first-order valence-electron chi connectivity index (χ1n) is 9.42. The molecule has 4 heteroatoms. The molecule has 4 rings (SSSR count). The lowest BCUT2D eigenvalue weighted by Crippen LogP contribution is -2.45. The number of hydrogen-bond donors (Lipinski definition) is 0. The Balaban J connectivity index is 1.61. The summed E-state index contributed by atoms with van der Waals surface area (Å²) in [5.41, 5.74) is 2.25. The summed E-state index contributed by atoms with van der Waals surface area (Å²) in [5.74, 6) is -0.163. The predicted molar refractivity (Wildman–Crippen MR) is 105 cm³/mol. The van der Waals surface area contributed by atoms with E-state index in [0.29, 0.717) is 0 Å². The molecule has 0 aliphatic carbocycles. The summed E-state index contributed by atoms with van der Waals surface area (Å²) in [5, 5.41) is 1.23. The van der Waals surface area contributed by atoms with Gasteiger partial charge in [-0.2, -0.15) is 0 Å². The summed E-state index contributed by atoms with van der Waals surface area (Å²) in [6.45, 7) is 5.49. The number of benzene rings is 2. The number of hydrogen-bond acceptors (Lipinski definition) is 2. The van der Waals surface area contributed by atoms with Crippen molar-refractivity contribution in [3.63, 3.8) is 0 Å². The van der Waals surface area contributed by atoms with Crippen LogP contribution in [0.3, 0.4) is 0 Å². The number of aromatic nitrogens is 1. The second-order valence-electron chi connectivity index (χ2n) is 7.29. The van der Waals surface area contributed by atoms with Crippen LogP contribution in [0.5, 0.6) is 0 Å². The third-order valence-corrected chi connectivity index (χ3v) is 5.51. The normalized spacial score (nSPS) is 17.6. The summed E-state index contributed by atoms with van der Waals surface area (Å²) in [6, 6.07) is 17.8. The molecule has 1 aromatic heterocycles. The molecule has 2 aromatic carbocycles. The van der Waals surface area contributed by atoms with Crippen LogP contribution in [-0.4, -0.2) is 54.1 Å². The molecule has 0 spiro atoms. The number of para-hydroxylation sites is 1. The summed E-state index contributed by atoms with van der Waals surface area (Å²) in [6.07, 6.45) is 3.12. The quantitative estimate of drug-likeness (QED) is 0.688. The van der Waals surface area contributed by atoms with E-state index in [1.807, 2.05) is 12.1 Å². The third-order valence-electron chi connectivity index (χ3n) is 5.51. The molecule has 1 atom stereocenters. The van der Waals surface area contributed by atoms with Gasteiger partial charge in [0.15, 0.2) is 0 Å². The van der Waals surface area contributed by atoms with Crippen LogP contribution in [0.15, 0.2) is 60.8 Å². The number of halogens is 1. The average Bonchev–Trinajstić information content (AvgIpc) is 3.08. The van der Waals surface area contributed by atoms with Crippen molar-refractivity contribution in [1.29, 1.82) is 0 Å². The fraction of sp³-hybridized carbons (Fsp3) is 0.364. The lowest BCUT2D eigenvalue weighted by molar-refractivity contribution is 0.149. The minimum Gasteiger partial charge on any atom is -0.340 e. The highest BCUT2D eigenvalue weighted by atomic mass is 19.1. The molecule has 0 radical (unpaired) electrons. The summed E-state index contributed by atoms with van der Waals surface area (Å²) < 4.78 is 16.2. The van der Waals surface area contributed by atoms with Crippen molar-refractivity contribution in [3.8, 4) is 0 Å². The topological polar surface area (TPSA) is 11.4 Å². The first-order chi connectivity index (χ1) is 12.7. The average molecular weight is 351 g/mol. The highest BCUT2D eigenvalue weighted by Gasteiger charge is 2.19. The van der Waals surface area contributed by atoms with E-state index in [1.165, 1.54) is 17.0 Å². The van der Waals surface area contributed by atoms with E-state index < -0.39 is 0 Å². The predicted octanol–water partition coefficient (Wildman–Crippen LogP) is 4.01. The maximum Gasteiger partial charge on any atom is 0.123 e. The second kappa shape index (κ2) is 7.60. The fourth-order valence-corrected chi connectivity index (χ4v) is 3.93. The monoisotopic (exact) mass is 351 g/mol. The SMILES string of the molecule is CN1CCN(CCC(c2cccc(F)c2)n2ccc3ccccc32)CC1. The maximum atomic E-state index is 13.9. The molecule has 1 aliphatic heterocycles. The van der Waals surface area contributed by atoms with Crippen LogP contribution in [-0.2, 0) is 0 Å². The van der Waals surface area contributed by atoms with Gasteiger partial charge in [-0.25, -0.2) is 4.39 Å². The molecule has 3 nitrogen and oxygen atoms in total. The molecule has 0 saturated carbocycles. The summed E-state index contributed by atoms with van der Waals surface area (Å²) >= 11 is 0. The van der Waals surface area contributed by atoms with Gasteiger partial charge < -0.3 is 14.4 Å². The van der Waals surface area contributed by atoms with Crippen LogP contribution in [0.2, 0.25) is 0 Å². The smallest absolute Gasteiger partial charge is 0.123 e. The van der Waals surface area contributed by atoms with Gasteiger partial charge in [0.05, 0.1) is 6.04 Å². The Morgan fingerprint density at radius 3 is 2.58 bits per heavy atom. The Morgan fingerprint density at radius 2 is 1.77 bits per heavy atom. The van der Waals surface area contributed by atoms with E-state index in [0.717, 1.165) is 44.7 Å². The molecule has 1 saturated heterocycles. The van der Waals surface area contributed by atoms with Gasteiger partial charge in [-0.3, -0.25) is 0 Å². The summed E-state index contributed by atoms with van der Waals surface area (Å²) in [4.78, 5) is 4.90. The van der Waals surface area contributed by atoms with Gasteiger partial charge in [-0.1, -0.05) is 30.3 Å². The molecule has 1 unspecified atom stereocenters. The Labute approximate surface area is 154 Å². The lowest BCUT2D eigenvalue weighted by Gasteiger charge is -2.33. The minimum absolute atomic E-state index is 0.144. The number of piperazine rings is 1. The van der Waals surface area contributed by atoms with E-state index in [4.69, 9.17) is 0 Å². The van der Waals surface area contributed by atoms with Crippen LogP contribution >= 0.6 is 0 Å². The van der Waals surface area contributed by atoms with Crippen LogP contribution < -0.4 is 0 Å². The van der Waals surface area contributed by atoms with Crippen molar-refractivity contribution >= 4 is 10.9 Å². The molecule has 1 aliphatic rings. The number of likely N-dealkylation sites (N-methyl/N-ethyl adjacent to an activating group) is 1. The van der Waals surface area contributed by atoms with Gasteiger partial charge in [0.25, 0.3) is 0 Å². The molecule has 0 bridgehead atoms. The van der Waals surface area contributed by atoms with E-state index in [-0.39, 0.29) is 11.9 Å².